The first-order valence-corrected chi connectivity index (χ1v) is 9.24. The Balaban J connectivity index is 1.58. The fourth-order valence-corrected chi connectivity index (χ4v) is 3.74. The Kier molecular flexibility index (Phi) is 4.51. The second-order valence-corrected chi connectivity index (χ2v) is 7.00. The number of nitrogens with zero attached hydrogens (tertiary/aromatic N) is 3. The van der Waals surface area contributed by atoms with E-state index in [4.69, 9.17) is 16.3 Å². The number of carbonyl (C=O) groups excluding carboxylic acids is 1. The molecule has 0 saturated carbocycles. The lowest BCUT2D eigenvalue weighted by molar-refractivity contribution is 0.0461. The summed E-state index contributed by atoms with van der Waals surface area (Å²) in [7, 11) is 0. The van der Waals surface area contributed by atoms with Crippen molar-refractivity contribution in [2.75, 3.05) is 0 Å². The van der Waals surface area contributed by atoms with Gasteiger partial charge in [0.25, 0.3) is 5.56 Å². The number of hydrogen-bond donors (Lipinski definition) is 1. The molecule has 0 unspecified atom stereocenters. The molecule has 0 atom stereocenters. The van der Waals surface area contributed by atoms with E-state index in [1.165, 1.54) is 16.0 Å². The van der Waals surface area contributed by atoms with Crippen molar-refractivity contribution in [3.63, 3.8) is 0 Å². The number of fused-ring (bicyclic) bond motifs is 1. The van der Waals surface area contributed by atoms with Crippen LogP contribution in [0.2, 0.25) is 5.15 Å². The number of carbonyl (C=O) groups is 1. The molecule has 0 aliphatic carbocycles. The predicted molar refractivity (Wildman–Crippen MR) is 103 cm³/mol. The molecule has 7 nitrogen and oxygen atoms in total. The Morgan fingerprint density at radius 3 is 2.85 bits per heavy atom. The summed E-state index contributed by atoms with van der Waals surface area (Å²) in [5.74, 6) is -0.365. The van der Waals surface area contributed by atoms with Crippen LogP contribution in [0.3, 0.4) is 0 Å². The molecule has 27 heavy (non-hydrogen) atoms. The van der Waals surface area contributed by atoms with Crippen LogP contribution >= 0.6 is 22.9 Å². The van der Waals surface area contributed by atoms with Gasteiger partial charge >= 0.3 is 5.97 Å². The molecule has 0 radical (unpaired) electrons. The minimum absolute atomic E-state index is 0.165. The standard InChI is InChI=1S/C18H13ClN4O3S/c1-10-14(16(19)23(22-10)11-5-3-2-4-6-11)18(25)26-9-13-20-12-7-8-27-15(12)17(24)21-13/h2-8H,9H2,1H3,(H,20,21,24). The monoisotopic (exact) mass is 400 g/mol. The van der Waals surface area contributed by atoms with Crippen LogP contribution < -0.4 is 5.56 Å². The zero-order valence-corrected chi connectivity index (χ0v) is 15.7. The largest absolute Gasteiger partial charge is 0.454 e. The first kappa shape index (κ1) is 17.4. The summed E-state index contributed by atoms with van der Waals surface area (Å²) in [6.07, 6.45) is 0. The van der Waals surface area contributed by atoms with Crippen molar-refractivity contribution in [2.24, 2.45) is 0 Å². The van der Waals surface area contributed by atoms with E-state index in [-0.39, 0.29) is 28.7 Å². The van der Waals surface area contributed by atoms with Gasteiger partial charge in [-0.05, 0) is 30.5 Å². The Morgan fingerprint density at radius 1 is 1.30 bits per heavy atom. The predicted octanol–water partition coefficient (Wildman–Crippen LogP) is 3.49. The maximum absolute atomic E-state index is 12.5. The SMILES string of the molecule is Cc1nn(-c2ccccc2)c(Cl)c1C(=O)OCc1nc2ccsc2c(=O)[nH]1. The smallest absolute Gasteiger partial charge is 0.343 e. The summed E-state index contributed by atoms with van der Waals surface area (Å²) in [6.45, 7) is 1.51. The number of aryl methyl sites for hydroxylation is 1. The van der Waals surface area contributed by atoms with Gasteiger partial charge in [0, 0.05) is 0 Å². The highest BCUT2D eigenvalue weighted by Gasteiger charge is 2.22. The van der Waals surface area contributed by atoms with Gasteiger partial charge in [-0.3, -0.25) is 4.79 Å². The maximum Gasteiger partial charge on any atom is 0.343 e. The van der Waals surface area contributed by atoms with Crippen LogP contribution in [0.4, 0.5) is 0 Å². The fraction of sp³-hybridized carbons (Fsp3) is 0.111. The molecule has 136 valence electrons. The normalized spacial score (nSPS) is 11.0. The van der Waals surface area contributed by atoms with E-state index < -0.39 is 5.97 Å². The van der Waals surface area contributed by atoms with Gasteiger partial charge in [0.15, 0.2) is 0 Å². The molecule has 4 rings (SSSR count). The van der Waals surface area contributed by atoms with Crippen LogP contribution in [0.5, 0.6) is 0 Å². The summed E-state index contributed by atoms with van der Waals surface area (Å²) >= 11 is 7.66. The molecule has 1 aromatic carbocycles. The number of para-hydroxylation sites is 1. The van der Waals surface area contributed by atoms with Crippen molar-refractivity contribution in [3.05, 3.63) is 74.4 Å². The summed E-state index contributed by atoms with van der Waals surface area (Å²) < 4.78 is 7.31. The molecule has 0 aliphatic heterocycles. The van der Waals surface area contributed by atoms with Crippen LogP contribution in [0, 0.1) is 6.92 Å². The fourth-order valence-electron chi connectivity index (χ4n) is 2.67. The molecule has 3 aromatic heterocycles. The van der Waals surface area contributed by atoms with Gasteiger partial charge in [-0.1, -0.05) is 29.8 Å². The van der Waals surface area contributed by atoms with Gasteiger partial charge in [0.2, 0.25) is 0 Å². The Morgan fingerprint density at radius 2 is 2.07 bits per heavy atom. The molecule has 9 heteroatoms. The lowest BCUT2D eigenvalue weighted by Crippen LogP contribution is -2.14. The van der Waals surface area contributed by atoms with Crippen LogP contribution in [-0.4, -0.2) is 25.7 Å². The molecule has 0 saturated heterocycles. The van der Waals surface area contributed by atoms with Crippen LogP contribution in [0.25, 0.3) is 15.9 Å². The average molecular weight is 401 g/mol. The Hall–Kier alpha value is -2.97. The lowest BCUT2D eigenvalue weighted by Gasteiger charge is -2.05. The number of H-pyrrole nitrogens is 1. The number of thiophene rings is 1. The summed E-state index contributed by atoms with van der Waals surface area (Å²) in [4.78, 5) is 31.4. The zero-order valence-electron chi connectivity index (χ0n) is 14.1. The van der Waals surface area contributed by atoms with Gasteiger partial charge in [-0.25, -0.2) is 14.5 Å². The first-order valence-electron chi connectivity index (χ1n) is 7.98. The van der Waals surface area contributed by atoms with Crippen molar-refractivity contribution in [1.29, 1.82) is 0 Å². The zero-order chi connectivity index (χ0) is 19.0. The summed E-state index contributed by atoms with van der Waals surface area (Å²) in [5.41, 5.74) is 1.68. The van der Waals surface area contributed by atoms with Crippen LogP contribution in [0.15, 0.2) is 46.6 Å². The van der Waals surface area contributed by atoms with E-state index in [9.17, 15) is 9.59 Å². The molecular weight excluding hydrogens is 388 g/mol. The number of benzene rings is 1. The maximum atomic E-state index is 12.5. The van der Waals surface area contributed by atoms with Gasteiger partial charge in [-0.2, -0.15) is 5.10 Å². The van der Waals surface area contributed by atoms with E-state index >= 15 is 0 Å². The van der Waals surface area contributed by atoms with Crippen molar-refractivity contribution in [1.82, 2.24) is 19.7 Å². The lowest BCUT2D eigenvalue weighted by atomic mass is 10.2. The van der Waals surface area contributed by atoms with Gasteiger partial charge < -0.3 is 9.72 Å². The molecule has 0 spiro atoms. The number of nitrogens with one attached hydrogen (secondary N) is 1. The van der Waals surface area contributed by atoms with Crippen molar-refractivity contribution in [3.8, 4) is 5.69 Å². The third-order valence-electron chi connectivity index (χ3n) is 3.91. The Bertz CT molecular complexity index is 1200. The highest BCUT2D eigenvalue weighted by molar-refractivity contribution is 7.17. The van der Waals surface area contributed by atoms with Crippen molar-refractivity contribution in [2.45, 2.75) is 13.5 Å². The van der Waals surface area contributed by atoms with Crippen molar-refractivity contribution < 1.29 is 9.53 Å². The molecule has 0 amide bonds. The molecular formula is C18H13ClN4O3S. The van der Waals surface area contributed by atoms with Gasteiger partial charge in [-0.15, -0.1) is 11.3 Å². The number of ether oxygens (including phenoxy) is 1. The highest BCUT2D eigenvalue weighted by Crippen LogP contribution is 2.24. The molecule has 0 fully saturated rings. The van der Waals surface area contributed by atoms with Crippen molar-refractivity contribution >= 4 is 39.1 Å². The van der Waals surface area contributed by atoms with E-state index in [1.807, 2.05) is 30.3 Å². The third-order valence-corrected chi connectivity index (χ3v) is 5.16. The molecule has 0 bridgehead atoms. The molecule has 4 aromatic rings. The summed E-state index contributed by atoms with van der Waals surface area (Å²) in [5, 5.41) is 6.26. The molecule has 3 heterocycles. The quantitative estimate of drug-likeness (QED) is 0.529. The van der Waals surface area contributed by atoms with Crippen LogP contribution in [-0.2, 0) is 11.3 Å². The van der Waals surface area contributed by atoms with Gasteiger partial charge in [0.1, 0.15) is 27.8 Å². The highest BCUT2D eigenvalue weighted by atomic mass is 35.5. The second kappa shape index (κ2) is 6.98. The average Bonchev–Trinajstić information content (AvgIpc) is 3.25. The van der Waals surface area contributed by atoms with Gasteiger partial charge in [0.05, 0.1) is 16.9 Å². The number of hydrogen-bond acceptors (Lipinski definition) is 6. The molecule has 0 aliphatic rings. The second-order valence-electron chi connectivity index (χ2n) is 5.72. The number of rotatable bonds is 4. The van der Waals surface area contributed by atoms with E-state index in [1.54, 1.807) is 18.4 Å². The summed E-state index contributed by atoms with van der Waals surface area (Å²) in [6, 6.07) is 11.0. The minimum atomic E-state index is -0.632. The van der Waals surface area contributed by atoms with E-state index in [2.05, 4.69) is 15.1 Å². The van der Waals surface area contributed by atoms with Crippen LogP contribution in [0.1, 0.15) is 21.9 Å². The number of aromatic nitrogens is 4. The molecule has 1 N–H and O–H groups in total. The first-order chi connectivity index (χ1) is 13.0. The van der Waals surface area contributed by atoms with E-state index in [0.29, 0.717) is 15.9 Å². The number of aromatic amines is 1. The Labute approximate surface area is 162 Å². The number of halogens is 1. The topological polar surface area (TPSA) is 89.9 Å². The third kappa shape index (κ3) is 3.24. The van der Waals surface area contributed by atoms with E-state index in [0.717, 1.165) is 5.69 Å². The minimum Gasteiger partial charge on any atom is -0.454 e. The number of esters is 1.